The van der Waals surface area contributed by atoms with Gasteiger partial charge in [-0.15, -0.1) is 11.3 Å². The maximum atomic E-state index is 4.17. The SMILES string of the molecule is C1=Cc2sc3ccncc3c2C=CC1. The van der Waals surface area contributed by atoms with Crippen LogP contribution in [0.3, 0.4) is 0 Å². The van der Waals surface area contributed by atoms with Gasteiger partial charge in [0, 0.05) is 32.9 Å². The Hall–Kier alpha value is -1.41. The Morgan fingerprint density at radius 2 is 2.14 bits per heavy atom. The van der Waals surface area contributed by atoms with Crippen LogP contribution in [0.15, 0.2) is 30.6 Å². The Morgan fingerprint density at radius 3 is 3.14 bits per heavy atom. The largest absolute Gasteiger partial charge is 0.264 e. The van der Waals surface area contributed by atoms with E-state index in [1.54, 1.807) is 0 Å². The fraction of sp³-hybridized carbons (Fsp3) is 0.0833. The lowest BCUT2D eigenvalue weighted by Gasteiger charge is -1.90. The molecule has 0 amide bonds. The minimum absolute atomic E-state index is 1.03. The molecule has 0 fully saturated rings. The first-order valence-corrected chi connectivity index (χ1v) is 5.46. The highest BCUT2D eigenvalue weighted by Crippen LogP contribution is 2.33. The highest BCUT2D eigenvalue weighted by molar-refractivity contribution is 7.20. The summed E-state index contributed by atoms with van der Waals surface area (Å²) in [7, 11) is 0. The number of fused-ring (bicyclic) bond motifs is 3. The van der Waals surface area contributed by atoms with Crippen LogP contribution >= 0.6 is 11.3 Å². The normalized spacial score (nSPS) is 14.3. The number of allylic oxidation sites excluding steroid dienone is 2. The van der Waals surface area contributed by atoms with Crippen LogP contribution < -0.4 is 0 Å². The molecule has 1 aliphatic carbocycles. The maximum Gasteiger partial charge on any atom is 0.0386 e. The van der Waals surface area contributed by atoms with Crippen molar-refractivity contribution in [1.29, 1.82) is 0 Å². The monoisotopic (exact) mass is 199 g/mol. The van der Waals surface area contributed by atoms with E-state index in [-0.39, 0.29) is 0 Å². The lowest BCUT2D eigenvalue weighted by Crippen LogP contribution is -1.72. The van der Waals surface area contributed by atoms with Crippen molar-refractivity contribution < 1.29 is 0 Å². The van der Waals surface area contributed by atoms with E-state index in [1.165, 1.54) is 20.5 Å². The molecule has 2 aromatic rings. The highest BCUT2D eigenvalue weighted by Gasteiger charge is 2.08. The summed E-state index contributed by atoms with van der Waals surface area (Å²) < 4.78 is 1.32. The highest BCUT2D eigenvalue weighted by atomic mass is 32.1. The average Bonchev–Trinajstić information content (AvgIpc) is 2.42. The van der Waals surface area contributed by atoms with Crippen molar-refractivity contribution in [2.24, 2.45) is 0 Å². The van der Waals surface area contributed by atoms with Gasteiger partial charge in [0.1, 0.15) is 0 Å². The molecule has 0 aromatic carbocycles. The molecule has 0 aliphatic heterocycles. The van der Waals surface area contributed by atoms with Gasteiger partial charge in [0.15, 0.2) is 0 Å². The van der Waals surface area contributed by atoms with E-state index in [9.17, 15) is 0 Å². The van der Waals surface area contributed by atoms with E-state index in [0.29, 0.717) is 0 Å². The van der Waals surface area contributed by atoms with Gasteiger partial charge in [-0.25, -0.2) is 0 Å². The molecule has 0 radical (unpaired) electrons. The van der Waals surface area contributed by atoms with Crippen molar-refractivity contribution in [3.63, 3.8) is 0 Å². The second-order valence-electron chi connectivity index (χ2n) is 3.29. The van der Waals surface area contributed by atoms with Gasteiger partial charge in [-0.2, -0.15) is 0 Å². The Labute approximate surface area is 86.4 Å². The quantitative estimate of drug-likeness (QED) is 0.630. The first kappa shape index (κ1) is 7.94. The van der Waals surface area contributed by atoms with Crippen molar-refractivity contribution in [1.82, 2.24) is 4.98 Å². The topological polar surface area (TPSA) is 12.9 Å². The van der Waals surface area contributed by atoms with Gasteiger partial charge in [-0.05, 0) is 18.6 Å². The van der Waals surface area contributed by atoms with E-state index < -0.39 is 0 Å². The predicted molar refractivity (Wildman–Crippen MR) is 62.3 cm³/mol. The van der Waals surface area contributed by atoms with Crippen molar-refractivity contribution in [2.45, 2.75) is 6.42 Å². The molecular weight excluding hydrogens is 190 g/mol. The number of rotatable bonds is 0. The van der Waals surface area contributed by atoms with Crippen molar-refractivity contribution in [3.8, 4) is 0 Å². The minimum Gasteiger partial charge on any atom is -0.264 e. The molecule has 0 unspecified atom stereocenters. The molecule has 0 N–H and O–H groups in total. The van der Waals surface area contributed by atoms with E-state index in [4.69, 9.17) is 0 Å². The second kappa shape index (κ2) is 3.07. The lowest BCUT2D eigenvalue weighted by atomic mass is 10.1. The fourth-order valence-electron chi connectivity index (χ4n) is 1.71. The molecular formula is C12H9NS. The van der Waals surface area contributed by atoms with E-state index in [1.807, 2.05) is 23.7 Å². The fourth-order valence-corrected chi connectivity index (χ4v) is 2.81. The first-order chi connectivity index (χ1) is 6.95. The van der Waals surface area contributed by atoms with E-state index in [0.717, 1.165) is 6.42 Å². The number of hydrogen-bond acceptors (Lipinski definition) is 2. The zero-order valence-corrected chi connectivity index (χ0v) is 8.42. The third-order valence-electron chi connectivity index (χ3n) is 2.38. The molecule has 14 heavy (non-hydrogen) atoms. The lowest BCUT2D eigenvalue weighted by molar-refractivity contribution is 1.37. The van der Waals surface area contributed by atoms with Gasteiger partial charge in [-0.3, -0.25) is 4.98 Å². The zero-order valence-electron chi connectivity index (χ0n) is 7.60. The number of thiophene rings is 1. The van der Waals surface area contributed by atoms with Crippen molar-refractivity contribution in [3.05, 3.63) is 41.1 Å². The summed E-state index contributed by atoms with van der Waals surface area (Å²) in [5, 5.41) is 1.27. The van der Waals surface area contributed by atoms with Crippen LogP contribution in [-0.2, 0) is 0 Å². The third-order valence-corrected chi connectivity index (χ3v) is 3.53. The molecule has 3 rings (SSSR count). The Bertz CT molecular complexity index is 534. The summed E-state index contributed by atoms with van der Waals surface area (Å²) in [6.07, 6.45) is 13.6. The van der Waals surface area contributed by atoms with Crippen molar-refractivity contribution >= 4 is 33.6 Å². The van der Waals surface area contributed by atoms with Gasteiger partial charge in [-0.1, -0.05) is 18.2 Å². The molecule has 0 bridgehead atoms. The van der Waals surface area contributed by atoms with Crippen LogP contribution in [0.5, 0.6) is 0 Å². The van der Waals surface area contributed by atoms with Crippen LogP contribution in [0, 0.1) is 0 Å². The van der Waals surface area contributed by atoms with Crippen LogP contribution in [0.4, 0.5) is 0 Å². The van der Waals surface area contributed by atoms with Crippen LogP contribution in [-0.4, -0.2) is 4.98 Å². The Balaban J connectivity index is 2.41. The van der Waals surface area contributed by atoms with Gasteiger partial charge in [0.05, 0.1) is 0 Å². The number of pyridine rings is 1. The molecule has 0 saturated carbocycles. The predicted octanol–water partition coefficient (Wildman–Crippen LogP) is 3.73. The Kier molecular flexibility index (Phi) is 1.74. The van der Waals surface area contributed by atoms with Gasteiger partial charge >= 0.3 is 0 Å². The molecule has 0 spiro atoms. The molecule has 1 nitrogen and oxygen atoms in total. The number of nitrogens with zero attached hydrogens (tertiary/aromatic N) is 1. The summed E-state index contributed by atoms with van der Waals surface area (Å²) in [6.45, 7) is 0. The summed E-state index contributed by atoms with van der Waals surface area (Å²) in [5.74, 6) is 0. The van der Waals surface area contributed by atoms with Gasteiger partial charge < -0.3 is 0 Å². The molecule has 0 saturated heterocycles. The average molecular weight is 199 g/mol. The molecule has 2 aromatic heterocycles. The Morgan fingerprint density at radius 1 is 1.21 bits per heavy atom. The number of hydrogen-bond donors (Lipinski definition) is 0. The smallest absolute Gasteiger partial charge is 0.0386 e. The number of aromatic nitrogens is 1. The summed E-state index contributed by atoms with van der Waals surface area (Å²) in [6, 6.07) is 2.08. The summed E-state index contributed by atoms with van der Waals surface area (Å²) in [4.78, 5) is 5.52. The second-order valence-corrected chi connectivity index (χ2v) is 4.38. The molecule has 1 aliphatic rings. The van der Waals surface area contributed by atoms with E-state index >= 15 is 0 Å². The maximum absolute atomic E-state index is 4.17. The molecule has 0 atom stereocenters. The third kappa shape index (κ3) is 1.11. The molecule has 2 heteroatoms. The molecule has 68 valence electrons. The van der Waals surface area contributed by atoms with Crippen LogP contribution in [0.25, 0.3) is 22.2 Å². The van der Waals surface area contributed by atoms with Crippen LogP contribution in [0.2, 0.25) is 0 Å². The van der Waals surface area contributed by atoms with E-state index in [2.05, 4.69) is 35.4 Å². The first-order valence-electron chi connectivity index (χ1n) is 4.65. The van der Waals surface area contributed by atoms with Crippen molar-refractivity contribution in [2.75, 3.05) is 0 Å². The standard InChI is InChI=1S/C12H9NS/c1-2-4-9-10-8-13-7-6-12(10)14-11(9)5-3-1/h2-8H,1H2. The summed E-state index contributed by atoms with van der Waals surface area (Å²) >= 11 is 1.83. The van der Waals surface area contributed by atoms with Crippen LogP contribution in [0.1, 0.15) is 16.9 Å². The summed E-state index contributed by atoms with van der Waals surface area (Å²) in [5.41, 5.74) is 1.33. The molecule has 2 heterocycles. The van der Waals surface area contributed by atoms with Gasteiger partial charge in [0.2, 0.25) is 0 Å². The zero-order chi connectivity index (χ0) is 9.38. The minimum atomic E-state index is 1.03. The van der Waals surface area contributed by atoms with Gasteiger partial charge in [0.25, 0.3) is 0 Å².